The maximum absolute atomic E-state index is 12.2. The van der Waals surface area contributed by atoms with Gasteiger partial charge in [-0.1, -0.05) is 23.8 Å². The SMILES string of the molecule is CCNC(=O)Nc1nc2cc(-c3ccc(C4CCCC(C)(C(=O)O)CC4)nc3)cc(C3CCN(C(C)=O)CC3)c2s1. The lowest BCUT2D eigenvalue weighted by Crippen LogP contribution is -2.36. The van der Waals surface area contributed by atoms with Gasteiger partial charge in [0.25, 0.3) is 0 Å². The highest BCUT2D eigenvalue weighted by atomic mass is 32.1. The fourth-order valence-electron chi connectivity index (χ4n) is 6.22. The van der Waals surface area contributed by atoms with Gasteiger partial charge < -0.3 is 15.3 Å². The number of pyridine rings is 1. The second kappa shape index (κ2) is 12.1. The van der Waals surface area contributed by atoms with E-state index in [0.717, 1.165) is 72.2 Å². The van der Waals surface area contributed by atoms with E-state index >= 15 is 0 Å². The number of nitrogens with zero attached hydrogens (tertiary/aromatic N) is 3. The normalized spacial score (nSPS) is 21.8. The van der Waals surface area contributed by atoms with Crippen LogP contribution in [-0.2, 0) is 9.59 Å². The Hall–Kier alpha value is -3.53. The van der Waals surface area contributed by atoms with Gasteiger partial charge in [-0.15, -0.1) is 0 Å². The molecule has 0 spiro atoms. The van der Waals surface area contributed by atoms with E-state index in [0.29, 0.717) is 24.5 Å². The lowest BCUT2D eigenvalue weighted by Gasteiger charge is -2.31. The van der Waals surface area contributed by atoms with Crippen LogP contribution in [0.2, 0.25) is 0 Å². The number of nitrogens with one attached hydrogen (secondary N) is 2. The summed E-state index contributed by atoms with van der Waals surface area (Å²) in [6.07, 6.45) is 7.70. The van der Waals surface area contributed by atoms with Crippen LogP contribution in [0, 0.1) is 5.41 Å². The van der Waals surface area contributed by atoms with Crippen molar-refractivity contribution in [2.45, 2.75) is 77.6 Å². The summed E-state index contributed by atoms with van der Waals surface area (Å²) in [6.45, 7) is 7.35. The molecule has 218 valence electrons. The van der Waals surface area contributed by atoms with Crippen molar-refractivity contribution in [1.82, 2.24) is 20.2 Å². The van der Waals surface area contributed by atoms with Crippen molar-refractivity contribution in [2.75, 3.05) is 25.0 Å². The molecule has 1 saturated carbocycles. The number of likely N-dealkylation sites (tertiary alicyclic amines) is 1. The van der Waals surface area contributed by atoms with Crippen molar-refractivity contribution in [3.8, 4) is 11.1 Å². The van der Waals surface area contributed by atoms with Gasteiger partial charge >= 0.3 is 12.0 Å². The monoisotopic (exact) mass is 577 g/mol. The summed E-state index contributed by atoms with van der Waals surface area (Å²) in [5.74, 6) is -0.0456. The molecule has 9 nitrogen and oxygen atoms in total. The molecule has 1 aromatic carbocycles. The van der Waals surface area contributed by atoms with Crippen molar-refractivity contribution >= 4 is 44.6 Å². The van der Waals surface area contributed by atoms with Crippen molar-refractivity contribution < 1.29 is 19.5 Å². The van der Waals surface area contributed by atoms with E-state index in [4.69, 9.17) is 9.97 Å². The third-order valence-electron chi connectivity index (χ3n) is 8.84. The Kier molecular flexibility index (Phi) is 8.58. The maximum Gasteiger partial charge on any atom is 0.321 e. The standard InChI is InChI=1S/C31H39N5O4S/c1-4-32-29(40)35-30-34-26-17-23(16-24(27(26)41-30)20-10-14-36(15-11-20)19(2)37)22-7-8-25(33-18-22)21-6-5-12-31(3,13-9-21)28(38)39/h7-8,16-18,20-21H,4-6,9-15H2,1-3H3,(H,38,39)(H2,32,34,35,40). The number of aromatic nitrogens is 2. The minimum absolute atomic E-state index is 0.112. The zero-order valence-electron chi connectivity index (χ0n) is 24.0. The van der Waals surface area contributed by atoms with Gasteiger partial charge in [-0.3, -0.25) is 19.9 Å². The van der Waals surface area contributed by atoms with Gasteiger partial charge in [0.15, 0.2) is 5.13 Å². The molecule has 1 aliphatic carbocycles. The molecule has 1 aliphatic heterocycles. The first-order chi connectivity index (χ1) is 19.7. The second-order valence-corrected chi connectivity index (χ2v) is 12.7. The van der Waals surface area contributed by atoms with E-state index in [1.807, 2.05) is 24.9 Å². The van der Waals surface area contributed by atoms with Crippen molar-refractivity contribution in [3.05, 3.63) is 41.7 Å². The molecule has 10 heteroatoms. The van der Waals surface area contributed by atoms with Crippen LogP contribution in [0.3, 0.4) is 0 Å². The minimum Gasteiger partial charge on any atom is -0.481 e. The van der Waals surface area contributed by atoms with Gasteiger partial charge in [0, 0.05) is 49.9 Å². The van der Waals surface area contributed by atoms with E-state index in [9.17, 15) is 19.5 Å². The Bertz CT molecular complexity index is 1430. The molecule has 3 N–H and O–H groups in total. The van der Waals surface area contributed by atoms with Crippen LogP contribution >= 0.6 is 11.3 Å². The van der Waals surface area contributed by atoms with Crippen LogP contribution in [-0.4, -0.2) is 57.5 Å². The molecule has 3 amide bonds. The second-order valence-electron chi connectivity index (χ2n) is 11.7. The minimum atomic E-state index is -0.703. The average Bonchev–Trinajstić information content (AvgIpc) is 3.25. The van der Waals surface area contributed by atoms with Crippen LogP contribution in [0.15, 0.2) is 30.5 Å². The van der Waals surface area contributed by atoms with Gasteiger partial charge in [-0.2, -0.15) is 0 Å². The highest BCUT2D eigenvalue weighted by Crippen LogP contribution is 2.42. The molecule has 3 heterocycles. The number of hydrogen-bond acceptors (Lipinski definition) is 6. The zero-order valence-corrected chi connectivity index (χ0v) is 24.9. The maximum atomic E-state index is 12.2. The lowest BCUT2D eigenvalue weighted by atomic mass is 9.82. The number of amides is 3. The van der Waals surface area contributed by atoms with E-state index < -0.39 is 11.4 Å². The van der Waals surface area contributed by atoms with Crippen LogP contribution < -0.4 is 10.6 Å². The summed E-state index contributed by atoms with van der Waals surface area (Å²) < 4.78 is 1.06. The van der Waals surface area contributed by atoms with Crippen LogP contribution in [0.25, 0.3) is 21.3 Å². The van der Waals surface area contributed by atoms with E-state index in [-0.39, 0.29) is 23.8 Å². The smallest absolute Gasteiger partial charge is 0.321 e. The van der Waals surface area contributed by atoms with Crippen molar-refractivity contribution in [1.29, 1.82) is 0 Å². The zero-order chi connectivity index (χ0) is 29.1. The van der Waals surface area contributed by atoms with E-state index in [1.54, 1.807) is 6.92 Å². The first kappa shape index (κ1) is 29.0. The fourth-order valence-corrected chi connectivity index (χ4v) is 7.25. The summed E-state index contributed by atoms with van der Waals surface area (Å²) in [6, 6.07) is 8.20. The molecule has 0 bridgehead atoms. The number of carbonyl (C=O) groups excluding carboxylic acids is 2. The number of urea groups is 1. The molecule has 0 radical (unpaired) electrons. The lowest BCUT2D eigenvalue weighted by molar-refractivity contribution is -0.148. The van der Waals surface area contributed by atoms with Crippen LogP contribution in [0.1, 0.15) is 88.8 Å². The summed E-state index contributed by atoms with van der Waals surface area (Å²) in [5.41, 5.74) is 4.41. The summed E-state index contributed by atoms with van der Waals surface area (Å²) >= 11 is 1.49. The number of carbonyl (C=O) groups is 3. The van der Waals surface area contributed by atoms with Crippen LogP contribution in [0.5, 0.6) is 0 Å². The molecule has 5 rings (SSSR count). The third-order valence-corrected chi connectivity index (χ3v) is 9.87. The van der Waals surface area contributed by atoms with Crippen LogP contribution in [0.4, 0.5) is 9.93 Å². The Morgan fingerprint density at radius 2 is 1.85 bits per heavy atom. The summed E-state index contributed by atoms with van der Waals surface area (Å²) in [4.78, 5) is 47.4. The average molecular weight is 578 g/mol. The number of carboxylic acid groups (broad SMARTS) is 1. The van der Waals surface area contributed by atoms with Crippen molar-refractivity contribution in [3.63, 3.8) is 0 Å². The summed E-state index contributed by atoms with van der Waals surface area (Å²) in [7, 11) is 0. The number of benzene rings is 1. The number of fused-ring (bicyclic) bond motifs is 1. The Morgan fingerprint density at radius 3 is 2.51 bits per heavy atom. The number of thiazole rings is 1. The molecule has 1 saturated heterocycles. The topological polar surface area (TPSA) is 125 Å². The molecular formula is C31H39N5O4S. The van der Waals surface area contributed by atoms with Crippen molar-refractivity contribution in [2.24, 2.45) is 5.41 Å². The molecular weight excluding hydrogens is 538 g/mol. The Labute approximate surface area is 244 Å². The van der Waals surface area contributed by atoms with Gasteiger partial charge in [0.1, 0.15) is 0 Å². The Morgan fingerprint density at radius 1 is 1.07 bits per heavy atom. The molecule has 2 unspecified atom stereocenters. The van der Waals surface area contributed by atoms with E-state index in [1.165, 1.54) is 16.9 Å². The number of hydrogen-bond donors (Lipinski definition) is 3. The van der Waals surface area contributed by atoms with Gasteiger partial charge in [0.05, 0.1) is 15.6 Å². The number of anilines is 1. The van der Waals surface area contributed by atoms with E-state index in [2.05, 4.69) is 34.9 Å². The first-order valence-electron chi connectivity index (χ1n) is 14.6. The Balaban J connectivity index is 1.43. The largest absolute Gasteiger partial charge is 0.481 e. The third kappa shape index (κ3) is 6.37. The molecule has 2 fully saturated rings. The number of piperidine rings is 1. The molecule has 2 aromatic heterocycles. The highest BCUT2D eigenvalue weighted by Gasteiger charge is 2.36. The fraction of sp³-hybridized carbons (Fsp3) is 0.516. The highest BCUT2D eigenvalue weighted by molar-refractivity contribution is 7.22. The predicted molar refractivity (Wildman–Crippen MR) is 161 cm³/mol. The van der Waals surface area contributed by atoms with Gasteiger partial charge in [0.2, 0.25) is 5.91 Å². The molecule has 2 atom stereocenters. The van der Waals surface area contributed by atoms with Gasteiger partial charge in [-0.25, -0.2) is 9.78 Å². The predicted octanol–water partition coefficient (Wildman–Crippen LogP) is 6.36. The van der Waals surface area contributed by atoms with Gasteiger partial charge in [-0.05, 0) is 87.6 Å². The molecule has 2 aliphatic rings. The molecule has 41 heavy (non-hydrogen) atoms. The number of aliphatic carboxylic acids is 1. The summed E-state index contributed by atoms with van der Waals surface area (Å²) in [5, 5.41) is 15.9. The quantitative estimate of drug-likeness (QED) is 0.293. The molecule has 3 aromatic rings. The first-order valence-corrected chi connectivity index (χ1v) is 15.4. The number of carboxylic acids is 1. The number of rotatable bonds is 6.